The maximum atomic E-state index is 13.6. The highest BCUT2D eigenvalue weighted by Crippen LogP contribution is 2.34. The third-order valence-electron chi connectivity index (χ3n) is 5.42. The number of hydrogen-bond donors (Lipinski definition) is 2. The molecular formula is C27H27ClN6O. The molecule has 0 radical (unpaired) electrons. The van der Waals surface area contributed by atoms with Crippen LogP contribution in [0.1, 0.15) is 18.5 Å². The summed E-state index contributed by atoms with van der Waals surface area (Å²) in [5.41, 5.74) is 3.28. The highest BCUT2D eigenvalue weighted by molar-refractivity contribution is 6.30. The lowest BCUT2D eigenvalue weighted by Gasteiger charge is -2.27. The molecule has 1 aromatic heterocycles. The van der Waals surface area contributed by atoms with Crippen LogP contribution >= 0.6 is 11.6 Å². The first-order valence-corrected chi connectivity index (χ1v) is 11.6. The first-order valence-electron chi connectivity index (χ1n) is 11.2. The maximum absolute atomic E-state index is 13.6. The molecule has 7 nitrogen and oxygen atoms in total. The van der Waals surface area contributed by atoms with Gasteiger partial charge in [-0.25, -0.2) is 14.7 Å². The molecule has 3 aromatic carbocycles. The van der Waals surface area contributed by atoms with Gasteiger partial charge in [-0.3, -0.25) is 0 Å². The zero-order valence-electron chi connectivity index (χ0n) is 19.8. The van der Waals surface area contributed by atoms with Crippen molar-refractivity contribution in [1.82, 2.24) is 9.97 Å². The van der Waals surface area contributed by atoms with E-state index in [1.165, 1.54) is 0 Å². The zero-order chi connectivity index (χ0) is 24.8. The highest BCUT2D eigenvalue weighted by atomic mass is 35.5. The fourth-order valence-corrected chi connectivity index (χ4v) is 3.77. The van der Waals surface area contributed by atoms with Crippen molar-refractivity contribution in [1.29, 1.82) is 0 Å². The Bertz CT molecular complexity index is 1280. The van der Waals surface area contributed by atoms with Crippen LogP contribution in [0, 0.1) is 0 Å². The molecular weight excluding hydrogens is 460 g/mol. The number of nitrogens with one attached hydrogen (secondary N) is 2. The molecule has 0 fully saturated rings. The van der Waals surface area contributed by atoms with Gasteiger partial charge in [-0.15, -0.1) is 0 Å². The lowest BCUT2D eigenvalue weighted by molar-refractivity contribution is 0.259. The van der Waals surface area contributed by atoms with Crippen LogP contribution in [0.25, 0.3) is 0 Å². The van der Waals surface area contributed by atoms with Crippen LogP contribution in [-0.2, 0) is 0 Å². The Hall–Kier alpha value is -4.10. The topological polar surface area (TPSA) is 73.4 Å². The molecule has 0 aliphatic rings. The number of nitrogens with zero attached hydrogens (tertiary/aromatic N) is 4. The monoisotopic (exact) mass is 486 g/mol. The minimum atomic E-state index is -0.359. The van der Waals surface area contributed by atoms with E-state index >= 15 is 0 Å². The molecule has 0 aliphatic carbocycles. The molecule has 1 heterocycles. The summed E-state index contributed by atoms with van der Waals surface area (Å²) in [6.45, 7) is 2.04. The number of urea groups is 1. The molecule has 0 saturated heterocycles. The third kappa shape index (κ3) is 5.88. The average Bonchev–Trinajstić information content (AvgIpc) is 2.86. The van der Waals surface area contributed by atoms with Crippen molar-refractivity contribution < 1.29 is 4.79 Å². The number of para-hydroxylation sites is 2. The predicted octanol–water partition coefficient (Wildman–Crippen LogP) is 6.74. The molecule has 0 aliphatic heterocycles. The van der Waals surface area contributed by atoms with Gasteiger partial charge in [-0.2, -0.15) is 4.98 Å². The second-order valence-electron chi connectivity index (χ2n) is 8.17. The van der Waals surface area contributed by atoms with Gasteiger partial charge >= 0.3 is 6.03 Å². The van der Waals surface area contributed by atoms with Gasteiger partial charge in [0.1, 0.15) is 5.82 Å². The first-order chi connectivity index (χ1) is 16.9. The van der Waals surface area contributed by atoms with Crippen molar-refractivity contribution in [3.05, 3.63) is 102 Å². The third-order valence-corrected chi connectivity index (χ3v) is 5.67. The number of rotatable bonds is 7. The molecule has 8 heteroatoms. The number of benzene rings is 3. The smallest absolute Gasteiger partial charge is 0.332 e. The fraction of sp³-hybridized carbons (Fsp3) is 0.148. The summed E-state index contributed by atoms with van der Waals surface area (Å²) in [6.07, 6.45) is 1.64. The summed E-state index contributed by atoms with van der Waals surface area (Å²) >= 11 is 6.01. The fourth-order valence-electron chi connectivity index (χ4n) is 3.64. The largest absolute Gasteiger partial charge is 0.376 e. The molecule has 2 N–H and O–H groups in total. The van der Waals surface area contributed by atoms with E-state index in [4.69, 9.17) is 16.6 Å². The summed E-state index contributed by atoms with van der Waals surface area (Å²) in [7, 11) is 3.87. The normalized spacial score (nSPS) is 11.4. The summed E-state index contributed by atoms with van der Waals surface area (Å²) < 4.78 is 0. The molecule has 0 saturated carbocycles. The molecule has 0 spiro atoms. The second kappa shape index (κ2) is 10.9. The zero-order valence-corrected chi connectivity index (χ0v) is 20.6. The van der Waals surface area contributed by atoms with Crippen LogP contribution < -0.4 is 20.4 Å². The molecule has 4 rings (SSSR count). The number of amides is 2. The van der Waals surface area contributed by atoms with Crippen molar-refractivity contribution >= 4 is 46.5 Å². The molecule has 1 atom stereocenters. The standard InChI is InChI=1S/C27H27ClN6O/c1-19(20-9-5-4-6-10-20)30-26-29-18-17-25(32-26)34(24-12-8-7-11-23(24)33(2)3)27(35)31-22-15-13-21(28)14-16-22/h4-19H,1-3H3,(H,31,35)(H,29,30,32). The van der Waals surface area contributed by atoms with E-state index in [0.717, 1.165) is 11.3 Å². The van der Waals surface area contributed by atoms with E-state index in [2.05, 4.69) is 15.6 Å². The van der Waals surface area contributed by atoms with Gasteiger partial charge < -0.3 is 15.5 Å². The van der Waals surface area contributed by atoms with E-state index in [9.17, 15) is 4.79 Å². The molecule has 178 valence electrons. The lowest BCUT2D eigenvalue weighted by atomic mass is 10.1. The lowest BCUT2D eigenvalue weighted by Crippen LogP contribution is -2.33. The van der Waals surface area contributed by atoms with Gasteiger partial charge in [-0.05, 0) is 48.9 Å². The van der Waals surface area contributed by atoms with Gasteiger partial charge in [0.2, 0.25) is 5.95 Å². The SMILES string of the molecule is CC(Nc1nccc(N(C(=O)Nc2ccc(Cl)cc2)c2ccccc2N(C)C)n1)c1ccccc1. The summed E-state index contributed by atoms with van der Waals surface area (Å²) in [5.74, 6) is 0.856. The molecule has 2 amide bonds. The van der Waals surface area contributed by atoms with Crippen LogP contribution in [0.4, 0.5) is 33.6 Å². The van der Waals surface area contributed by atoms with Crippen LogP contribution in [0.3, 0.4) is 0 Å². The summed E-state index contributed by atoms with van der Waals surface area (Å²) in [6, 6.07) is 26.0. The summed E-state index contributed by atoms with van der Waals surface area (Å²) in [5, 5.41) is 6.87. The van der Waals surface area contributed by atoms with Gasteiger partial charge in [0, 0.05) is 37.1 Å². The Morgan fingerprint density at radius 3 is 2.23 bits per heavy atom. The number of carbonyl (C=O) groups is 1. The average molecular weight is 487 g/mol. The number of hydrogen-bond acceptors (Lipinski definition) is 5. The molecule has 4 aromatic rings. The Morgan fingerprint density at radius 1 is 0.886 bits per heavy atom. The van der Waals surface area contributed by atoms with Crippen LogP contribution in [0.15, 0.2) is 91.1 Å². The number of anilines is 5. The molecule has 0 bridgehead atoms. The van der Waals surface area contributed by atoms with E-state index in [-0.39, 0.29) is 12.1 Å². The van der Waals surface area contributed by atoms with E-state index < -0.39 is 0 Å². The van der Waals surface area contributed by atoms with Crippen LogP contribution in [-0.4, -0.2) is 30.1 Å². The maximum Gasteiger partial charge on any atom is 0.332 e. The van der Waals surface area contributed by atoms with Crippen molar-refractivity contribution in [2.45, 2.75) is 13.0 Å². The van der Waals surface area contributed by atoms with Gasteiger partial charge in [0.05, 0.1) is 17.4 Å². The predicted molar refractivity (Wildman–Crippen MR) is 144 cm³/mol. The minimum absolute atomic E-state index is 0.0168. The summed E-state index contributed by atoms with van der Waals surface area (Å²) in [4.78, 5) is 26.2. The van der Waals surface area contributed by atoms with Crippen molar-refractivity contribution in [3.8, 4) is 0 Å². The quantitative estimate of drug-likeness (QED) is 0.302. The highest BCUT2D eigenvalue weighted by Gasteiger charge is 2.24. The number of halogens is 1. The van der Waals surface area contributed by atoms with Crippen LogP contribution in [0.2, 0.25) is 5.02 Å². The van der Waals surface area contributed by atoms with Gasteiger partial charge in [0.15, 0.2) is 0 Å². The van der Waals surface area contributed by atoms with Crippen LogP contribution in [0.5, 0.6) is 0 Å². The van der Waals surface area contributed by atoms with Crippen molar-refractivity contribution in [3.63, 3.8) is 0 Å². The van der Waals surface area contributed by atoms with E-state index in [0.29, 0.717) is 28.2 Å². The van der Waals surface area contributed by atoms with E-state index in [1.54, 1.807) is 41.4 Å². The number of aromatic nitrogens is 2. The van der Waals surface area contributed by atoms with Gasteiger partial charge in [-0.1, -0.05) is 54.1 Å². The Labute approximate surface area is 210 Å². The first kappa shape index (κ1) is 24.0. The molecule has 35 heavy (non-hydrogen) atoms. The van der Waals surface area contributed by atoms with Crippen molar-refractivity contribution in [2.75, 3.05) is 34.5 Å². The molecule has 1 unspecified atom stereocenters. The minimum Gasteiger partial charge on any atom is -0.376 e. The number of carbonyl (C=O) groups excluding carboxylic acids is 1. The Morgan fingerprint density at radius 2 is 1.54 bits per heavy atom. The second-order valence-corrected chi connectivity index (χ2v) is 8.61. The Kier molecular flexibility index (Phi) is 7.48. The van der Waals surface area contributed by atoms with Gasteiger partial charge in [0.25, 0.3) is 0 Å². The van der Waals surface area contributed by atoms with Crippen molar-refractivity contribution in [2.24, 2.45) is 0 Å². The van der Waals surface area contributed by atoms with E-state index in [1.807, 2.05) is 80.5 Å². The Balaban J connectivity index is 1.70.